The molecule has 1 heterocycles. The van der Waals surface area contributed by atoms with Crippen LogP contribution in [0.3, 0.4) is 0 Å². The van der Waals surface area contributed by atoms with Crippen LogP contribution >= 0.6 is 0 Å². The summed E-state index contributed by atoms with van der Waals surface area (Å²) in [6.07, 6.45) is 9.79. The van der Waals surface area contributed by atoms with Crippen LogP contribution in [0.25, 0.3) is 0 Å². The summed E-state index contributed by atoms with van der Waals surface area (Å²) in [5.74, 6) is 0. The Hall–Kier alpha value is -0.930. The standard InChI is InChI=1S/C16H28N2O/c1-3-10-17-11-4-6-15(2)19-14-5-7-16-8-12-18-13-9-16/h8-9,12-13,15,17H,3-7,10-11,14H2,1-2H3. The lowest BCUT2D eigenvalue weighted by Gasteiger charge is -2.13. The van der Waals surface area contributed by atoms with Gasteiger partial charge in [-0.25, -0.2) is 0 Å². The van der Waals surface area contributed by atoms with E-state index >= 15 is 0 Å². The Labute approximate surface area is 117 Å². The molecule has 0 amide bonds. The fourth-order valence-electron chi connectivity index (χ4n) is 2.01. The molecule has 0 aliphatic heterocycles. The van der Waals surface area contributed by atoms with E-state index in [1.54, 1.807) is 0 Å². The van der Waals surface area contributed by atoms with Gasteiger partial charge < -0.3 is 10.1 Å². The van der Waals surface area contributed by atoms with Crippen LogP contribution in [0.2, 0.25) is 0 Å². The molecule has 3 nitrogen and oxygen atoms in total. The molecule has 0 aliphatic carbocycles. The van der Waals surface area contributed by atoms with E-state index in [9.17, 15) is 0 Å². The van der Waals surface area contributed by atoms with Crippen LogP contribution in [0.5, 0.6) is 0 Å². The van der Waals surface area contributed by atoms with Crippen molar-refractivity contribution >= 4 is 0 Å². The molecule has 1 atom stereocenters. The van der Waals surface area contributed by atoms with Crippen molar-refractivity contribution in [3.05, 3.63) is 30.1 Å². The SMILES string of the molecule is CCCNCCCC(C)OCCCc1ccncc1. The fraction of sp³-hybridized carbons (Fsp3) is 0.688. The summed E-state index contributed by atoms with van der Waals surface area (Å²) in [5, 5.41) is 3.42. The van der Waals surface area contributed by atoms with E-state index in [0.717, 1.165) is 39.0 Å². The van der Waals surface area contributed by atoms with E-state index in [4.69, 9.17) is 4.74 Å². The Bertz CT molecular complexity index is 303. The molecule has 0 spiro atoms. The molecule has 108 valence electrons. The molecular formula is C16H28N2O. The van der Waals surface area contributed by atoms with Crippen molar-refractivity contribution in [2.45, 2.75) is 52.1 Å². The van der Waals surface area contributed by atoms with Crippen LogP contribution in [0, 0.1) is 0 Å². The maximum Gasteiger partial charge on any atom is 0.0547 e. The third-order valence-electron chi connectivity index (χ3n) is 3.15. The molecule has 1 aromatic rings. The van der Waals surface area contributed by atoms with Crippen LogP contribution in [-0.4, -0.2) is 30.8 Å². The molecule has 1 unspecified atom stereocenters. The highest BCUT2D eigenvalue weighted by molar-refractivity contribution is 5.09. The number of ether oxygens (including phenoxy) is 1. The topological polar surface area (TPSA) is 34.1 Å². The van der Waals surface area contributed by atoms with Gasteiger partial charge in [-0.1, -0.05) is 6.92 Å². The normalized spacial score (nSPS) is 12.5. The molecule has 0 aliphatic rings. The highest BCUT2D eigenvalue weighted by atomic mass is 16.5. The zero-order chi connectivity index (χ0) is 13.8. The summed E-state index contributed by atoms with van der Waals surface area (Å²) < 4.78 is 5.83. The van der Waals surface area contributed by atoms with Crippen molar-refractivity contribution in [2.24, 2.45) is 0 Å². The van der Waals surface area contributed by atoms with E-state index < -0.39 is 0 Å². The van der Waals surface area contributed by atoms with Gasteiger partial charge in [0.1, 0.15) is 0 Å². The summed E-state index contributed by atoms with van der Waals surface area (Å²) >= 11 is 0. The summed E-state index contributed by atoms with van der Waals surface area (Å²) in [6.45, 7) is 7.46. The first-order valence-electron chi connectivity index (χ1n) is 7.54. The van der Waals surface area contributed by atoms with E-state index in [1.165, 1.54) is 18.4 Å². The van der Waals surface area contributed by atoms with Gasteiger partial charge in [0.05, 0.1) is 6.10 Å². The molecule has 19 heavy (non-hydrogen) atoms. The van der Waals surface area contributed by atoms with Crippen molar-refractivity contribution in [2.75, 3.05) is 19.7 Å². The average molecular weight is 264 g/mol. The smallest absolute Gasteiger partial charge is 0.0547 e. The van der Waals surface area contributed by atoms with Gasteiger partial charge in [-0.2, -0.15) is 0 Å². The van der Waals surface area contributed by atoms with Crippen molar-refractivity contribution < 1.29 is 4.74 Å². The van der Waals surface area contributed by atoms with E-state index in [2.05, 4.69) is 36.3 Å². The lowest BCUT2D eigenvalue weighted by Crippen LogP contribution is -2.18. The van der Waals surface area contributed by atoms with Gasteiger partial charge >= 0.3 is 0 Å². The quantitative estimate of drug-likeness (QED) is 0.623. The molecule has 0 fully saturated rings. The molecule has 1 N–H and O–H groups in total. The molecule has 3 heteroatoms. The predicted molar refractivity (Wildman–Crippen MR) is 80.4 cm³/mol. The number of pyridine rings is 1. The maximum absolute atomic E-state index is 5.83. The number of rotatable bonds is 11. The number of hydrogen-bond donors (Lipinski definition) is 1. The van der Waals surface area contributed by atoms with Crippen molar-refractivity contribution in [3.63, 3.8) is 0 Å². The lowest BCUT2D eigenvalue weighted by atomic mass is 10.1. The molecule has 0 bridgehead atoms. The number of aryl methyl sites for hydroxylation is 1. The second-order valence-corrected chi connectivity index (χ2v) is 5.03. The average Bonchev–Trinajstić information content (AvgIpc) is 2.44. The minimum absolute atomic E-state index is 0.376. The molecule has 0 aromatic carbocycles. The molecule has 1 aromatic heterocycles. The summed E-state index contributed by atoms with van der Waals surface area (Å²) in [6, 6.07) is 4.14. The van der Waals surface area contributed by atoms with E-state index in [0.29, 0.717) is 6.10 Å². The van der Waals surface area contributed by atoms with Crippen molar-refractivity contribution in [1.82, 2.24) is 10.3 Å². The summed E-state index contributed by atoms with van der Waals surface area (Å²) in [7, 11) is 0. The van der Waals surface area contributed by atoms with Crippen LogP contribution < -0.4 is 5.32 Å². The van der Waals surface area contributed by atoms with Crippen LogP contribution in [-0.2, 0) is 11.2 Å². The highest BCUT2D eigenvalue weighted by Gasteiger charge is 2.01. The molecule has 1 rings (SSSR count). The predicted octanol–water partition coefficient (Wildman–Crippen LogP) is 3.20. The Morgan fingerprint density at radius 3 is 2.74 bits per heavy atom. The van der Waals surface area contributed by atoms with Gasteiger partial charge in [0, 0.05) is 19.0 Å². The minimum atomic E-state index is 0.376. The lowest BCUT2D eigenvalue weighted by molar-refractivity contribution is 0.0575. The first kappa shape index (κ1) is 16.1. The van der Waals surface area contributed by atoms with Gasteiger partial charge in [-0.05, 0) is 69.8 Å². The second kappa shape index (κ2) is 10.9. The number of aromatic nitrogens is 1. The zero-order valence-electron chi connectivity index (χ0n) is 12.4. The van der Waals surface area contributed by atoms with E-state index in [1.807, 2.05) is 12.4 Å². The van der Waals surface area contributed by atoms with Crippen LogP contribution in [0.4, 0.5) is 0 Å². The van der Waals surface area contributed by atoms with Gasteiger partial charge in [-0.15, -0.1) is 0 Å². The minimum Gasteiger partial charge on any atom is -0.378 e. The van der Waals surface area contributed by atoms with Crippen LogP contribution in [0.1, 0.15) is 45.1 Å². The summed E-state index contributed by atoms with van der Waals surface area (Å²) in [5.41, 5.74) is 1.34. The first-order valence-corrected chi connectivity index (χ1v) is 7.54. The Balaban J connectivity index is 1.94. The third-order valence-corrected chi connectivity index (χ3v) is 3.15. The van der Waals surface area contributed by atoms with Crippen molar-refractivity contribution in [3.8, 4) is 0 Å². The van der Waals surface area contributed by atoms with Crippen LogP contribution in [0.15, 0.2) is 24.5 Å². The molecule has 0 radical (unpaired) electrons. The Morgan fingerprint density at radius 1 is 1.21 bits per heavy atom. The summed E-state index contributed by atoms with van der Waals surface area (Å²) in [4.78, 5) is 4.02. The number of nitrogens with one attached hydrogen (secondary N) is 1. The van der Waals surface area contributed by atoms with E-state index in [-0.39, 0.29) is 0 Å². The van der Waals surface area contributed by atoms with Crippen molar-refractivity contribution in [1.29, 1.82) is 0 Å². The number of hydrogen-bond acceptors (Lipinski definition) is 3. The maximum atomic E-state index is 5.83. The largest absolute Gasteiger partial charge is 0.378 e. The van der Waals surface area contributed by atoms with Gasteiger partial charge in [0.2, 0.25) is 0 Å². The van der Waals surface area contributed by atoms with Gasteiger partial charge in [0.15, 0.2) is 0 Å². The van der Waals surface area contributed by atoms with Gasteiger partial charge in [0.25, 0.3) is 0 Å². The molecule has 0 saturated heterocycles. The zero-order valence-corrected chi connectivity index (χ0v) is 12.4. The number of nitrogens with zero attached hydrogens (tertiary/aromatic N) is 1. The Kier molecular flexibility index (Phi) is 9.29. The monoisotopic (exact) mass is 264 g/mol. The first-order chi connectivity index (χ1) is 9.33. The second-order valence-electron chi connectivity index (χ2n) is 5.03. The fourth-order valence-corrected chi connectivity index (χ4v) is 2.01. The highest BCUT2D eigenvalue weighted by Crippen LogP contribution is 2.05. The van der Waals surface area contributed by atoms with Gasteiger partial charge in [-0.3, -0.25) is 4.98 Å². The molecule has 0 saturated carbocycles. The molecular weight excluding hydrogens is 236 g/mol. The Morgan fingerprint density at radius 2 is 2.00 bits per heavy atom. The third kappa shape index (κ3) is 8.73.